The van der Waals surface area contributed by atoms with Gasteiger partial charge in [-0.1, -0.05) is 84.9 Å². The number of carboxylic acids is 2. The third-order valence-corrected chi connectivity index (χ3v) is 11.0. The van der Waals surface area contributed by atoms with Gasteiger partial charge in [0.1, 0.15) is 0 Å². The van der Waals surface area contributed by atoms with E-state index < -0.39 is 52.0 Å². The molecule has 2 aromatic heterocycles. The summed E-state index contributed by atoms with van der Waals surface area (Å²) in [6, 6.07) is 29.1. The molecule has 0 saturated carbocycles. The molecule has 256 valence electrons. The summed E-state index contributed by atoms with van der Waals surface area (Å²) in [6.07, 6.45) is 0. The number of alkyl halides is 6. The molecule has 0 radical (unpaired) electrons. The van der Waals surface area contributed by atoms with Crippen LogP contribution in [0.3, 0.4) is 0 Å². The summed E-state index contributed by atoms with van der Waals surface area (Å²) in [6.45, 7) is 0. The summed E-state index contributed by atoms with van der Waals surface area (Å²) in [7, 11) is 0. The molecule has 2 heterocycles. The molecule has 0 fully saturated rings. The number of benzene rings is 4. The molecule has 0 atom stereocenters. The van der Waals surface area contributed by atoms with Crippen molar-refractivity contribution in [1.29, 1.82) is 0 Å². The Bertz CT molecular complexity index is 2160. The van der Waals surface area contributed by atoms with E-state index in [1.165, 1.54) is 60.7 Å². The summed E-state index contributed by atoms with van der Waals surface area (Å²) in [5.41, 5.74) is -2.82. The van der Waals surface area contributed by atoms with E-state index in [0.717, 1.165) is 22.7 Å². The van der Waals surface area contributed by atoms with Crippen LogP contribution in [-0.2, 0) is 0 Å². The van der Waals surface area contributed by atoms with Crippen LogP contribution in [-0.4, -0.2) is 39.9 Å². The van der Waals surface area contributed by atoms with Crippen LogP contribution in [0.15, 0.2) is 121 Å². The molecule has 0 bridgehead atoms. The van der Waals surface area contributed by atoms with Gasteiger partial charge in [-0.15, -0.1) is 22.7 Å². The number of rotatable bonds is 8. The lowest BCUT2D eigenvalue weighted by Crippen LogP contribution is -2.48. The van der Waals surface area contributed by atoms with E-state index in [-0.39, 0.29) is 30.6 Å². The van der Waals surface area contributed by atoms with Crippen LogP contribution in [0.2, 0.25) is 0 Å². The fourth-order valence-corrected chi connectivity index (χ4v) is 8.38. The molecule has 0 unspecified atom stereocenters. The second kappa shape index (κ2) is 12.4. The Balaban J connectivity index is 1.55. The number of allylic oxidation sites excluding steroid dienone is 2. The quantitative estimate of drug-likeness (QED) is 0.153. The van der Waals surface area contributed by atoms with E-state index in [1.54, 1.807) is 60.7 Å². The third-order valence-electron chi connectivity index (χ3n) is 8.57. The van der Waals surface area contributed by atoms with Crippen molar-refractivity contribution in [2.45, 2.75) is 17.8 Å². The van der Waals surface area contributed by atoms with E-state index in [2.05, 4.69) is 0 Å². The van der Waals surface area contributed by atoms with Crippen LogP contribution in [0.25, 0.3) is 52.9 Å². The molecule has 0 spiro atoms. The first kappa shape index (κ1) is 34.0. The zero-order valence-electron chi connectivity index (χ0n) is 25.8. The number of aromatic carboxylic acids is 2. The highest BCUT2D eigenvalue weighted by atomic mass is 32.1. The van der Waals surface area contributed by atoms with Gasteiger partial charge in [0.2, 0.25) is 0 Å². The lowest BCUT2D eigenvalue weighted by atomic mass is 9.92. The van der Waals surface area contributed by atoms with Crippen LogP contribution in [0.1, 0.15) is 31.8 Å². The van der Waals surface area contributed by atoms with E-state index in [1.807, 2.05) is 0 Å². The van der Waals surface area contributed by atoms with Gasteiger partial charge in [-0.2, -0.15) is 26.3 Å². The van der Waals surface area contributed by atoms with Crippen molar-refractivity contribution in [2.75, 3.05) is 0 Å². The van der Waals surface area contributed by atoms with Crippen molar-refractivity contribution in [2.24, 2.45) is 0 Å². The average Bonchev–Trinajstić information content (AvgIpc) is 3.78. The summed E-state index contributed by atoms with van der Waals surface area (Å²) >= 11 is 1.84. The van der Waals surface area contributed by atoms with Crippen molar-refractivity contribution in [1.82, 2.24) is 0 Å². The zero-order chi connectivity index (χ0) is 36.3. The molecule has 6 aromatic rings. The van der Waals surface area contributed by atoms with Crippen molar-refractivity contribution < 1.29 is 46.1 Å². The Morgan fingerprint density at radius 2 is 0.804 bits per heavy atom. The Hall–Kier alpha value is -5.46. The van der Waals surface area contributed by atoms with Gasteiger partial charge >= 0.3 is 29.7 Å². The largest absolute Gasteiger partial charge is 0.478 e. The number of halogens is 6. The Morgan fingerprint density at radius 1 is 0.471 bits per heavy atom. The van der Waals surface area contributed by atoms with Gasteiger partial charge < -0.3 is 10.2 Å². The Kier molecular flexibility index (Phi) is 8.26. The molecule has 0 saturated heterocycles. The van der Waals surface area contributed by atoms with Crippen molar-refractivity contribution in [3.05, 3.63) is 144 Å². The first-order valence-corrected chi connectivity index (χ1v) is 16.8. The lowest BCUT2D eigenvalue weighted by Gasteiger charge is -2.26. The molecule has 4 nitrogen and oxygen atoms in total. The highest BCUT2D eigenvalue weighted by Crippen LogP contribution is 2.67. The van der Waals surface area contributed by atoms with Gasteiger partial charge in [0.05, 0.1) is 11.1 Å². The van der Waals surface area contributed by atoms with Gasteiger partial charge in [-0.25, -0.2) is 9.59 Å². The zero-order valence-corrected chi connectivity index (χ0v) is 27.5. The molecule has 4 aromatic carbocycles. The number of carbonyl (C=O) groups is 2. The van der Waals surface area contributed by atoms with Gasteiger partial charge in [0.15, 0.2) is 0 Å². The second-order valence-corrected chi connectivity index (χ2v) is 13.8. The average molecular weight is 733 g/mol. The summed E-state index contributed by atoms with van der Waals surface area (Å²) in [5, 5.41) is 18.7. The van der Waals surface area contributed by atoms with Gasteiger partial charge in [0, 0.05) is 41.8 Å². The maximum Gasteiger partial charge on any atom is 0.380 e. The van der Waals surface area contributed by atoms with E-state index in [9.17, 15) is 19.8 Å². The van der Waals surface area contributed by atoms with Crippen LogP contribution >= 0.6 is 22.7 Å². The fourth-order valence-electron chi connectivity index (χ4n) is 6.03. The predicted molar refractivity (Wildman–Crippen MR) is 186 cm³/mol. The molecule has 51 heavy (non-hydrogen) atoms. The standard InChI is InChI=1S/C39H22F6O4S2/c40-37(41)31(27-19-29(21-11-15-25(16-12-21)35(46)47)50-33(27)23-7-3-1-4-8-23)32(38(42,43)39(37,44)45)28-20-30(22-13-17-26(18-14-22)36(48)49)51-34(28)24-9-5-2-6-10-24/h1-20H,(H,46,47)(H,48,49). The molecule has 7 rings (SSSR count). The second-order valence-electron chi connectivity index (χ2n) is 11.7. The highest BCUT2D eigenvalue weighted by Gasteiger charge is 2.80. The van der Waals surface area contributed by atoms with Crippen molar-refractivity contribution in [3.8, 4) is 41.8 Å². The smallest absolute Gasteiger partial charge is 0.380 e. The minimum absolute atomic E-state index is 0.0366. The number of hydrogen-bond donors (Lipinski definition) is 2. The molecular weight excluding hydrogens is 711 g/mol. The first-order valence-electron chi connectivity index (χ1n) is 15.2. The monoisotopic (exact) mass is 732 g/mol. The lowest BCUT2D eigenvalue weighted by molar-refractivity contribution is -0.254. The van der Waals surface area contributed by atoms with E-state index in [0.29, 0.717) is 22.3 Å². The molecule has 0 amide bonds. The third kappa shape index (κ3) is 5.55. The Labute approximate surface area is 294 Å². The van der Waals surface area contributed by atoms with Crippen LogP contribution in [0.5, 0.6) is 0 Å². The van der Waals surface area contributed by atoms with Crippen molar-refractivity contribution >= 4 is 45.8 Å². The SMILES string of the molecule is O=C(O)c1ccc(-c2cc(C3=C(c4cc(-c5ccc(C(=O)O)cc5)sc4-c4ccccc4)C(F)(F)C(F)(F)C3(F)F)c(-c3ccccc3)s2)cc1. The maximum atomic E-state index is 16.3. The summed E-state index contributed by atoms with van der Waals surface area (Å²) < 4.78 is 96.7. The predicted octanol–water partition coefficient (Wildman–Crippen LogP) is 11.7. The normalized spacial score (nSPS) is 16.0. The fraction of sp³-hybridized carbons (Fsp3) is 0.0769. The minimum atomic E-state index is -5.83. The van der Waals surface area contributed by atoms with Crippen LogP contribution < -0.4 is 0 Å². The maximum absolute atomic E-state index is 16.3. The molecule has 1 aliphatic carbocycles. The van der Waals surface area contributed by atoms with Crippen molar-refractivity contribution in [3.63, 3.8) is 0 Å². The summed E-state index contributed by atoms with van der Waals surface area (Å²) in [5.74, 6) is -18.9. The van der Waals surface area contributed by atoms with Gasteiger partial charge in [-0.3, -0.25) is 0 Å². The molecule has 2 N–H and O–H groups in total. The molecule has 12 heteroatoms. The van der Waals surface area contributed by atoms with Crippen LogP contribution in [0.4, 0.5) is 26.3 Å². The molecule has 0 aliphatic heterocycles. The molecule has 1 aliphatic rings. The summed E-state index contributed by atoms with van der Waals surface area (Å²) in [4.78, 5) is 23.5. The van der Waals surface area contributed by atoms with E-state index >= 15 is 26.3 Å². The van der Waals surface area contributed by atoms with Gasteiger partial charge in [0.25, 0.3) is 0 Å². The van der Waals surface area contributed by atoms with E-state index in [4.69, 9.17) is 0 Å². The number of carboxylic acid groups (broad SMARTS) is 2. The number of thiophene rings is 2. The number of hydrogen-bond acceptors (Lipinski definition) is 4. The topological polar surface area (TPSA) is 74.6 Å². The molecular formula is C39H22F6O4S2. The first-order chi connectivity index (χ1) is 24.2. The highest BCUT2D eigenvalue weighted by molar-refractivity contribution is 7.19. The Morgan fingerprint density at radius 3 is 1.12 bits per heavy atom. The van der Waals surface area contributed by atoms with Crippen LogP contribution in [0, 0.1) is 0 Å². The van der Waals surface area contributed by atoms with Gasteiger partial charge in [-0.05, 0) is 58.7 Å². The minimum Gasteiger partial charge on any atom is -0.478 e.